The summed E-state index contributed by atoms with van der Waals surface area (Å²) in [5.74, 6) is -0.471. The number of aryl methyl sites for hydroxylation is 1. The van der Waals surface area contributed by atoms with Crippen molar-refractivity contribution in [1.29, 1.82) is 0 Å². The first-order valence-electron chi connectivity index (χ1n) is 17.6. The number of hydrogen-bond acceptors (Lipinski definition) is 8. The van der Waals surface area contributed by atoms with Gasteiger partial charge in [-0.05, 0) is 61.4 Å². The topological polar surface area (TPSA) is 167 Å². The molecule has 0 fully saturated rings. The van der Waals surface area contributed by atoms with Gasteiger partial charge in [0.05, 0.1) is 18.6 Å². The summed E-state index contributed by atoms with van der Waals surface area (Å²) >= 11 is 1.30. The number of thiazole rings is 1. The van der Waals surface area contributed by atoms with Crippen LogP contribution in [0.1, 0.15) is 89.3 Å². The molecule has 0 saturated carbocycles. The SMILES string of the molecule is Cc1nc2n(n1)CC(=O)N[C@@H](C(C)C)CN(C(=O)c1ccc3[nH]ccc3c1)CC(=O)N[C@@H](CC(C)C)c1nc(cs1)C(=O)N[C@H]2Cc1ccccc1. The number of carbonyl (C=O) groups excluding carboxylic acids is 4. The minimum atomic E-state index is -0.634. The van der Waals surface area contributed by atoms with Gasteiger partial charge < -0.3 is 25.8 Å². The van der Waals surface area contributed by atoms with Crippen LogP contribution >= 0.6 is 11.3 Å². The van der Waals surface area contributed by atoms with E-state index in [1.54, 1.807) is 24.4 Å². The highest BCUT2D eigenvalue weighted by molar-refractivity contribution is 7.09. The molecule has 0 saturated heterocycles. The summed E-state index contributed by atoms with van der Waals surface area (Å²) in [5.41, 5.74) is 2.49. The lowest BCUT2D eigenvalue weighted by atomic mass is 10.0. The average Bonchev–Trinajstić information content (AvgIpc) is 3.86. The summed E-state index contributed by atoms with van der Waals surface area (Å²) in [4.78, 5) is 69.6. The number of nitrogens with one attached hydrogen (secondary N) is 4. The maximum absolute atomic E-state index is 14.2. The molecule has 1 aliphatic rings. The highest BCUT2D eigenvalue weighted by Crippen LogP contribution is 2.26. The number of carbonyl (C=O) groups is 4. The van der Waals surface area contributed by atoms with E-state index in [0.717, 1.165) is 16.5 Å². The first kappa shape index (κ1) is 36.4. The van der Waals surface area contributed by atoms with Gasteiger partial charge in [-0.25, -0.2) is 14.6 Å². The van der Waals surface area contributed by atoms with Crippen LogP contribution in [0.25, 0.3) is 10.9 Å². The number of H-pyrrole nitrogens is 1. The Bertz CT molecular complexity index is 2050. The number of amides is 4. The zero-order valence-corrected chi connectivity index (χ0v) is 30.9. The Kier molecular flexibility index (Phi) is 11.1. The van der Waals surface area contributed by atoms with Gasteiger partial charge in [0, 0.05) is 40.6 Å². The second kappa shape index (κ2) is 15.9. The van der Waals surface area contributed by atoms with Crippen LogP contribution in [0.15, 0.2) is 66.2 Å². The minimum Gasteiger partial charge on any atom is -0.361 e. The lowest BCUT2D eigenvalue weighted by molar-refractivity contribution is -0.123. The highest BCUT2D eigenvalue weighted by atomic mass is 32.1. The van der Waals surface area contributed by atoms with E-state index in [1.165, 1.54) is 20.9 Å². The van der Waals surface area contributed by atoms with Gasteiger partial charge in [-0.1, -0.05) is 58.0 Å². The Hall–Kier alpha value is -5.37. The zero-order chi connectivity index (χ0) is 36.9. The monoisotopic (exact) mass is 723 g/mol. The summed E-state index contributed by atoms with van der Waals surface area (Å²) in [6.07, 6.45) is 2.78. The van der Waals surface area contributed by atoms with E-state index in [-0.39, 0.29) is 54.9 Å². The fourth-order valence-corrected chi connectivity index (χ4v) is 7.29. The number of benzene rings is 2. The Morgan fingerprint density at radius 1 is 0.923 bits per heavy atom. The minimum absolute atomic E-state index is 0.0903. The van der Waals surface area contributed by atoms with Crippen LogP contribution in [0.5, 0.6) is 0 Å². The van der Waals surface area contributed by atoms with Crippen LogP contribution in [0.2, 0.25) is 0 Å². The number of hydrogen-bond donors (Lipinski definition) is 4. The number of aromatic nitrogens is 5. The Labute approximate surface area is 306 Å². The molecule has 272 valence electrons. The Morgan fingerprint density at radius 3 is 2.44 bits per heavy atom. The van der Waals surface area contributed by atoms with Gasteiger partial charge in [0.15, 0.2) is 5.82 Å². The van der Waals surface area contributed by atoms with Crippen LogP contribution in [-0.2, 0) is 22.6 Å². The molecule has 0 unspecified atom stereocenters. The van der Waals surface area contributed by atoms with Gasteiger partial charge in [-0.2, -0.15) is 5.10 Å². The van der Waals surface area contributed by atoms with Gasteiger partial charge in [0.1, 0.15) is 23.1 Å². The van der Waals surface area contributed by atoms with Crippen LogP contribution in [-0.4, -0.2) is 72.4 Å². The van der Waals surface area contributed by atoms with Crippen molar-refractivity contribution in [3.05, 3.63) is 99.7 Å². The van der Waals surface area contributed by atoms with Crippen molar-refractivity contribution in [3.63, 3.8) is 0 Å². The molecule has 0 aliphatic carbocycles. The molecule has 0 spiro atoms. The van der Waals surface area contributed by atoms with Crippen molar-refractivity contribution < 1.29 is 19.2 Å². The summed E-state index contributed by atoms with van der Waals surface area (Å²) in [5, 5.41) is 17.0. The standard InChI is InChI=1S/C38H45N9O4S/c1-22(2)15-30-37-44-32(21-52-37)36(50)43-29(16-25-9-7-6-8-10-25)35-40-24(5)45-47(35)20-34(49)42-31(23(3)4)18-46(19-33(48)41-30)38(51)27-11-12-28-26(17-27)13-14-39-28/h6-14,17,21-23,29-31,39H,15-16,18-20H2,1-5H3,(H,41,48)(H,42,49)(H,43,50)/t29-,30-,31+/m0/s1. The fraction of sp³-hybridized carbons (Fsp3) is 0.395. The third-order valence-corrected chi connectivity index (χ3v) is 10.0. The molecule has 3 aromatic heterocycles. The molecule has 2 aromatic carbocycles. The van der Waals surface area contributed by atoms with Gasteiger partial charge in [-0.3, -0.25) is 19.2 Å². The number of fused-ring (bicyclic) bond motifs is 4. The first-order valence-corrected chi connectivity index (χ1v) is 18.5. The summed E-state index contributed by atoms with van der Waals surface area (Å²) in [6.45, 7) is 9.43. The molecule has 13 nitrogen and oxygen atoms in total. The molecule has 52 heavy (non-hydrogen) atoms. The van der Waals surface area contributed by atoms with Crippen LogP contribution in [0.3, 0.4) is 0 Å². The fourth-order valence-electron chi connectivity index (χ4n) is 6.43. The van der Waals surface area contributed by atoms with E-state index < -0.39 is 24.0 Å². The molecule has 6 rings (SSSR count). The molecule has 0 radical (unpaired) electrons. The van der Waals surface area contributed by atoms with E-state index in [4.69, 9.17) is 4.98 Å². The molecule has 2 bridgehead atoms. The Balaban J connectivity index is 1.39. The maximum Gasteiger partial charge on any atom is 0.271 e. The van der Waals surface area contributed by atoms with Crippen molar-refractivity contribution in [2.45, 2.75) is 72.1 Å². The number of aromatic amines is 1. The van der Waals surface area contributed by atoms with Crippen LogP contribution in [0.4, 0.5) is 0 Å². The van der Waals surface area contributed by atoms with Crippen molar-refractivity contribution >= 4 is 45.9 Å². The zero-order valence-electron chi connectivity index (χ0n) is 30.1. The van der Waals surface area contributed by atoms with Crippen LogP contribution in [0, 0.1) is 18.8 Å². The third-order valence-electron chi connectivity index (χ3n) is 9.08. The lowest BCUT2D eigenvalue weighted by Gasteiger charge is -2.31. The highest BCUT2D eigenvalue weighted by Gasteiger charge is 2.30. The van der Waals surface area contributed by atoms with Gasteiger partial charge in [-0.15, -0.1) is 11.3 Å². The Morgan fingerprint density at radius 2 is 1.69 bits per heavy atom. The molecular weight excluding hydrogens is 679 g/mol. The number of rotatable bonds is 6. The average molecular weight is 724 g/mol. The van der Waals surface area contributed by atoms with Gasteiger partial charge in [0.25, 0.3) is 11.8 Å². The van der Waals surface area contributed by atoms with E-state index >= 15 is 0 Å². The van der Waals surface area contributed by atoms with E-state index in [1.807, 2.05) is 76.4 Å². The third kappa shape index (κ3) is 8.73. The van der Waals surface area contributed by atoms with Crippen LogP contribution < -0.4 is 16.0 Å². The second-order valence-electron chi connectivity index (χ2n) is 14.1. The molecule has 4 heterocycles. The quantitative estimate of drug-likeness (QED) is 0.196. The van der Waals surface area contributed by atoms with Crippen molar-refractivity contribution in [1.82, 2.24) is 45.6 Å². The predicted molar refractivity (Wildman–Crippen MR) is 199 cm³/mol. The predicted octanol–water partition coefficient (Wildman–Crippen LogP) is 4.74. The maximum atomic E-state index is 14.2. The molecule has 3 atom stereocenters. The largest absolute Gasteiger partial charge is 0.361 e. The molecule has 14 heteroatoms. The first-order chi connectivity index (χ1) is 24.9. The normalized spacial score (nSPS) is 19.2. The van der Waals surface area contributed by atoms with Crippen molar-refractivity contribution in [2.24, 2.45) is 11.8 Å². The molecular formula is C38H45N9O4S. The van der Waals surface area contributed by atoms with Crippen molar-refractivity contribution in [3.8, 4) is 0 Å². The smallest absolute Gasteiger partial charge is 0.271 e. The second-order valence-corrected chi connectivity index (χ2v) is 15.0. The molecule has 4 N–H and O–H groups in total. The summed E-state index contributed by atoms with van der Waals surface area (Å²) < 4.78 is 1.52. The lowest BCUT2D eigenvalue weighted by Crippen LogP contribution is -2.51. The van der Waals surface area contributed by atoms with Gasteiger partial charge in [0.2, 0.25) is 11.8 Å². The summed E-state index contributed by atoms with van der Waals surface area (Å²) in [6, 6.07) is 15.3. The molecule has 4 amide bonds. The van der Waals surface area contributed by atoms with E-state index in [9.17, 15) is 19.2 Å². The van der Waals surface area contributed by atoms with Gasteiger partial charge >= 0.3 is 0 Å². The molecule has 5 aromatic rings. The number of nitrogens with zero attached hydrogens (tertiary/aromatic N) is 5. The van der Waals surface area contributed by atoms with E-state index in [0.29, 0.717) is 35.1 Å². The van der Waals surface area contributed by atoms with E-state index in [2.05, 4.69) is 31.0 Å². The molecule has 1 aliphatic heterocycles. The van der Waals surface area contributed by atoms with Crippen molar-refractivity contribution in [2.75, 3.05) is 13.1 Å². The summed E-state index contributed by atoms with van der Waals surface area (Å²) in [7, 11) is 0.